The van der Waals surface area contributed by atoms with E-state index in [9.17, 15) is 4.79 Å². The molecule has 4 aromatic rings. The molecule has 188 valence electrons. The topological polar surface area (TPSA) is 113 Å². The molecule has 3 N–H and O–H groups in total. The average Bonchev–Trinajstić information content (AvgIpc) is 3.61. The molecule has 1 saturated heterocycles. The Morgan fingerprint density at radius 3 is 2.86 bits per heavy atom. The van der Waals surface area contributed by atoms with E-state index in [1.807, 2.05) is 10.9 Å². The quantitative estimate of drug-likeness (QED) is 0.274. The lowest BCUT2D eigenvalue weighted by molar-refractivity contribution is 0.262. The Balaban J connectivity index is 1.10. The number of amides is 2. The number of hydrogen-bond acceptors (Lipinski definition) is 8. The van der Waals surface area contributed by atoms with E-state index in [0.29, 0.717) is 22.4 Å². The van der Waals surface area contributed by atoms with Crippen molar-refractivity contribution in [2.45, 2.75) is 32.2 Å². The van der Waals surface area contributed by atoms with E-state index in [4.69, 9.17) is 16.7 Å². The SMILES string of the molecule is O=C(Nc1cccc(Cl)c1)Nc1ncc(CCNc2ncnc3cn(CCCN4CCCC4)nc23)s1. The van der Waals surface area contributed by atoms with Gasteiger partial charge in [-0.05, 0) is 57.1 Å². The largest absolute Gasteiger partial charge is 0.368 e. The van der Waals surface area contributed by atoms with Gasteiger partial charge in [0.1, 0.15) is 11.8 Å². The summed E-state index contributed by atoms with van der Waals surface area (Å²) in [5.41, 5.74) is 2.23. The number of aryl methyl sites for hydroxylation is 1. The lowest BCUT2D eigenvalue weighted by Gasteiger charge is -2.13. The van der Waals surface area contributed by atoms with E-state index in [0.717, 1.165) is 47.7 Å². The van der Waals surface area contributed by atoms with Gasteiger partial charge in [-0.1, -0.05) is 17.7 Å². The van der Waals surface area contributed by atoms with Crippen molar-refractivity contribution in [3.05, 3.63) is 52.9 Å². The summed E-state index contributed by atoms with van der Waals surface area (Å²) in [6, 6.07) is 6.61. The summed E-state index contributed by atoms with van der Waals surface area (Å²) >= 11 is 7.39. The highest BCUT2D eigenvalue weighted by molar-refractivity contribution is 7.15. The summed E-state index contributed by atoms with van der Waals surface area (Å²) in [5, 5.41) is 14.7. The summed E-state index contributed by atoms with van der Waals surface area (Å²) in [7, 11) is 0. The van der Waals surface area contributed by atoms with Gasteiger partial charge >= 0.3 is 6.03 Å². The molecular weight excluding hydrogens is 498 g/mol. The fourth-order valence-corrected chi connectivity index (χ4v) is 5.20. The lowest BCUT2D eigenvalue weighted by Crippen LogP contribution is -2.21. The van der Waals surface area contributed by atoms with Crippen LogP contribution in [0.25, 0.3) is 11.0 Å². The maximum Gasteiger partial charge on any atom is 0.325 e. The number of fused-ring (bicyclic) bond motifs is 1. The predicted octanol–water partition coefficient (Wildman–Crippen LogP) is 4.72. The highest BCUT2D eigenvalue weighted by atomic mass is 35.5. The fraction of sp³-hybridized carbons (Fsp3) is 0.375. The molecule has 2 amide bonds. The number of thiazole rings is 1. The predicted molar refractivity (Wildman–Crippen MR) is 144 cm³/mol. The standard InChI is InChI=1S/C24H28ClN9OS/c25-17-5-3-6-18(13-17)30-23(35)31-24-27-14-19(36-24)7-8-26-22-21-20(28-16-29-22)15-34(32-21)12-4-11-33-9-1-2-10-33/h3,5-6,13-16H,1-2,4,7-12H2,(H,26,28,29)(H2,27,30,31,35). The number of anilines is 3. The Bertz CT molecular complexity index is 1320. The Kier molecular flexibility index (Phi) is 7.89. The molecule has 0 unspecified atom stereocenters. The van der Waals surface area contributed by atoms with E-state index in [1.54, 1.807) is 36.8 Å². The Morgan fingerprint density at radius 2 is 2.00 bits per heavy atom. The van der Waals surface area contributed by atoms with Crippen molar-refractivity contribution in [1.29, 1.82) is 0 Å². The van der Waals surface area contributed by atoms with Gasteiger partial charge < -0.3 is 15.5 Å². The van der Waals surface area contributed by atoms with E-state index >= 15 is 0 Å². The monoisotopic (exact) mass is 525 g/mol. The van der Waals surface area contributed by atoms with Crippen molar-refractivity contribution in [3.63, 3.8) is 0 Å². The van der Waals surface area contributed by atoms with Gasteiger partial charge in [-0.25, -0.2) is 19.7 Å². The number of urea groups is 1. The Hall–Kier alpha value is -3.28. The van der Waals surface area contributed by atoms with Crippen LogP contribution in [0.3, 0.4) is 0 Å². The van der Waals surface area contributed by atoms with Crippen molar-refractivity contribution in [2.75, 3.05) is 42.1 Å². The van der Waals surface area contributed by atoms with Crippen molar-refractivity contribution in [3.8, 4) is 0 Å². The lowest BCUT2D eigenvalue weighted by atomic mass is 10.3. The second kappa shape index (κ2) is 11.6. The third-order valence-electron chi connectivity index (χ3n) is 5.93. The zero-order valence-electron chi connectivity index (χ0n) is 19.8. The van der Waals surface area contributed by atoms with Crippen LogP contribution in [0, 0.1) is 0 Å². The zero-order valence-corrected chi connectivity index (χ0v) is 21.4. The van der Waals surface area contributed by atoms with E-state index in [-0.39, 0.29) is 6.03 Å². The van der Waals surface area contributed by atoms with Crippen LogP contribution in [0.15, 0.2) is 43.0 Å². The van der Waals surface area contributed by atoms with Crippen LogP contribution in [-0.4, -0.2) is 61.8 Å². The summed E-state index contributed by atoms with van der Waals surface area (Å²) < 4.78 is 1.97. The number of likely N-dealkylation sites (tertiary alicyclic amines) is 1. The van der Waals surface area contributed by atoms with Gasteiger partial charge in [0.25, 0.3) is 0 Å². The van der Waals surface area contributed by atoms with Gasteiger partial charge in [-0.3, -0.25) is 10.00 Å². The van der Waals surface area contributed by atoms with Crippen LogP contribution < -0.4 is 16.0 Å². The molecule has 0 aliphatic carbocycles. The Morgan fingerprint density at radius 1 is 1.11 bits per heavy atom. The minimum absolute atomic E-state index is 0.365. The molecule has 0 radical (unpaired) electrons. The zero-order chi connectivity index (χ0) is 24.7. The smallest absolute Gasteiger partial charge is 0.325 e. The molecule has 0 spiro atoms. The van der Waals surface area contributed by atoms with Gasteiger partial charge in [0.05, 0.1) is 6.20 Å². The molecule has 1 aromatic carbocycles. The molecule has 4 heterocycles. The number of carbonyl (C=O) groups excluding carboxylic acids is 1. The number of halogens is 1. The minimum Gasteiger partial charge on any atom is -0.368 e. The number of nitrogens with one attached hydrogen (secondary N) is 3. The molecule has 1 aliphatic rings. The van der Waals surface area contributed by atoms with Gasteiger partial charge in [0.15, 0.2) is 16.5 Å². The van der Waals surface area contributed by atoms with Crippen LogP contribution in [0.4, 0.5) is 21.4 Å². The number of nitrogens with zero attached hydrogens (tertiary/aromatic N) is 6. The van der Waals surface area contributed by atoms with E-state index < -0.39 is 0 Å². The summed E-state index contributed by atoms with van der Waals surface area (Å²) in [6.07, 6.45) is 9.76. The molecule has 0 atom stereocenters. The highest BCUT2D eigenvalue weighted by Crippen LogP contribution is 2.21. The molecule has 36 heavy (non-hydrogen) atoms. The third kappa shape index (κ3) is 6.48. The number of aromatic nitrogens is 5. The number of rotatable bonds is 10. The first-order valence-corrected chi connectivity index (χ1v) is 13.2. The van der Waals surface area contributed by atoms with Crippen LogP contribution in [0.5, 0.6) is 0 Å². The van der Waals surface area contributed by atoms with Crippen molar-refractivity contribution < 1.29 is 4.79 Å². The van der Waals surface area contributed by atoms with Gasteiger partial charge in [0, 0.05) is 41.3 Å². The second-order valence-electron chi connectivity index (χ2n) is 8.65. The van der Waals surface area contributed by atoms with Crippen molar-refractivity contribution in [1.82, 2.24) is 29.6 Å². The summed E-state index contributed by atoms with van der Waals surface area (Å²) in [5.74, 6) is 0.724. The van der Waals surface area contributed by atoms with Crippen LogP contribution in [-0.2, 0) is 13.0 Å². The molecule has 0 bridgehead atoms. The van der Waals surface area contributed by atoms with Gasteiger partial charge in [-0.2, -0.15) is 5.10 Å². The van der Waals surface area contributed by atoms with Crippen molar-refractivity contribution >= 4 is 56.6 Å². The molecule has 1 fully saturated rings. The first kappa shape index (κ1) is 24.4. The first-order valence-electron chi connectivity index (χ1n) is 12.0. The van der Waals surface area contributed by atoms with Crippen molar-refractivity contribution in [2.24, 2.45) is 0 Å². The number of carbonyl (C=O) groups is 1. The van der Waals surface area contributed by atoms with Crippen LogP contribution >= 0.6 is 22.9 Å². The first-order chi connectivity index (χ1) is 17.6. The summed E-state index contributed by atoms with van der Waals surface area (Å²) in [4.78, 5) is 28.8. The van der Waals surface area contributed by atoms with Gasteiger partial charge in [0.2, 0.25) is 0 Å². The molecule has 12 heteroatoms. The highest BCUT2D eigenvalue weighted by Gasteiger charge is 2.13. The maximum absolute atomic E-state index is 12.2. The molecule has 3 aromatic heterocycles. The van der Waals surface area contributed by atoms with E-state index in [2.05, 4.69) is 35.8 Å². The van der Waals surface area contributed by atoms with Crippen LogP contribution in [0.2, 0.25) is 5.02 Å². The normalized spacial score (nSPS) is 13.8. The number of benzene rings is 1. The summed E-state index contributed by atoms with van der Waals surface area (Å²) in [6.45, 7) is 5.07. The molecule has 10 nitrogen and oxygen atoms in total. The fourth-order valence-electron chi connectivity index (χ4n) is 4.20. The molecule has 0 saturated carbocycles. The molecule has 5 rings (SSSR count). The molecular formula is C24H28ClN9OS. The molecule has 1 aliphatic heterocycles. The maximum atomic E-state index is 12.2. The third-order valence-corrected chi connectivity index (χ3v) is 7.14. The average molecular weight is 526 g/mol. The number of hydrogen-bond donors (Lipinski definition) is 3. The van der Waals surface area contributed by atoms with Crippen LogP contribution in [0.1, 0.15) is 24.1 Å². The minimum atomic E-state index is -0.365. The Labute approximate surface area is 218 Å². The second-order valence-corrected chi connectivity index (χ2v) is 10.2. The van der Waals surface area contributed by atoms with E-state index in [1.165, 1.54) is 37.3 Å². The van der Waals surface area contributed by atoms with Gasteiger partial charge in [-0.15, -0.1) is 11.3 Å².